The van der Waals surface area contributed by atoms with E-state index >= 15 is 0 Å². The van der Waals surface area contributed by atoms with Crippen molar-refractivity contribution in [2.45, 2.75) is 52.0 Å². The molecule has 3 heteroatoms. The zero-order chi connectivity index (χ0) is 10.3. The highest BCUT2D eigenvalue weighted by atomic mass is 16.4. The summed E-state index contributed by atoms with van der Waals surface area (Å²) >= 11 is 0. The predicted molar refractivity (Wildman–Crippen MR) is 53.5 cm³/mol. The van der Waals surface area contributed by atoms with Gasteiger partial charge >= 0.3 is 5.97 Å². The molecule has 0 aliphatic rings. The first kappa shape index (κ1) is 12.4. The number of carbonyl (C=O) groups is 1. The Labute approximate surface area is 80.3 Å². The third-order valence-electron chi connectivity index (χ3n) is 2.11. The van der Waals surface area contributed by atoms with E-state index in [4.69, 9.17) is 10.8 Å². The van der Waals surface area contributed by atoms with Gasteiger partial charge in [-0.3, -0.25) is 4.79 Å². The third kappa shape index (κ3) is 7.78. The van der Waals surface area contributed by atoms with Crippen LogP contribution >= 0.6 is 0 Å². The maximum absolute atomic E-state index is 10.3. The van der Waals surface area contributed by atoms with E-state index in [0.717, 1.165) is 18.8 Å². The fourth-order valence-corrected chi connectivity index (χ4v) is 1.22. The first-order chi connectivity index (χ1) is 6.04. The molecule has 3 nitrogen and oxygen atoms in total. The fourth-order valence-electron chi connectivity index (χ4n) is 1.22. The summed E-state index contributed by atoms with van der Waals surface area (Å²) in [5, 5.41) is 8.50. The maximum atomic E-state index is 10.3. The molecule has 0 amide bonds. The summed E-state index contributed by atoms with van der Waals surface area (Å²) in [5.41, 5.74) is 5.36. The SMILES string of the molecule is CC(C)CCCCC[C@H](N)C(=O)O. The van der Waals surface area contributed by atoms with Gasteiger partial charge in [-0.1, -0.05) is 39.5 Å². The minimum absolute atomic E-state index is 0.605. The first-order valence-electron chi connectivity index (χ1n) is 5.02. The maximum Gasteiger partial charge on any atom is 0.320 e. The Morgan fingerprint density at radius 1 is 1.23 bits per heavy atom. The molecular formula is C10H21NO2. The lowest BCUT2D eigenvalue weighted by atomic mass is 10.0. The van der Waals surface area contributed by atoms with Crippen molar-refractivity contribution >= 4 is 5.97 Å². The van der Waals surface area contributed by atoms with Crippen molar-refractivity contribution in [3.05, 3.63) is 0 Å². The van der Waals surface area contributed by atoms with Crippen molar-refractivity contribution < 1.29 is 9.90 Å². The molecule has 0 aromatic rings. The molecule has 0 aromatic heterocycles. The predicted octanol–water partition coefficient (Wildman–Crippen LogP) is 2.00. The van der Waals surface area contributed by atoms with Gasteiger partial charge in [0.25, 0.3) is 0 Å². The second-order valence-corrected chi connectivity index (χ2v) is 3.98. The summed E-state index contributed by atoms with van der Waals surface area (Å²) in [4.78, 5) is 10.3. The summed E-state index contributed by atoms with van der Waals surface area (Å²) in [7, 11) is 0. The number of aliphatic carboxylic acids is 1. The average Bonchev–Trinajstić information content (AvgIpc) is 2.02. The number of carboxylic acid groups (broad SMARTS) is 1. The van der Waals surface area contributed by atoms with E-state index in [1.54, 1.807) is 0 Å². The van der Waals surface area contributed by atoms with E-state index in [0.29, 0.717) is 6.42 Å². The van der Waals surface area contributed by atoms with Gasteiger partial charge in [0.1, 0.15) is 6.04 Å². The number of nitrogens with two attached hydrogens (primary N) is 1. The van der Waals surface area contributed by atoms with Crippen LogP contribution in [0.1, 0.15) is 46.0 Å². The monoisotopic (exact) mass is 187 g/mol. The smallest absolute Gasteiger partial charge is 0.320 e. The van der Waals surface area contributed by atoms with E-state index in [-0.39, 0.29) is 0 Å². The molecule has 0 radical (unpaired) electrons. The molecule has 0 aromatic carbocycles. The topological polar surface area (TPSA) is 63.3 Å². The Bertz CT molecular complexity index is 146. The second kappa shape index (κ2) is 6.89. The van der Waals surface area contributed by atoms with E-state index in [9.17, 15) is 4.79 Å². The standard InChI is InChI=1S/C10H21NO2/c1-8(2)6-4-3-5-7-9(11)10(12)13/h8-9H,3-7,11H2,1-2H3,(H,12,13)/t9-/m0/s1. The molecule has 1 atom stereocenters. The molecule has 0 spiro atoms. The van der Waals surface area contributed by atoms with Crippen LogP contribution in [0.25, 0.3) is 0 Å². The van der Waals surface area contributed by atoms with Crippen molar-refractivity contribution in [1.82, 2.24) is 0 Å². The zero-order valence-electron chi connectivity index (χ0n) is 8.62. The summed E-state index contributed by atoms with van der Waals surface area (Å²) < 4.78 is 0. The lowest BCUT2D eigenvalue weighted by Crippen LogP contribution is -2.29. The molecule has 0 heterocycles. The quantitative estimate of drug-likeness (QED) is 0.599. The van der Waals surface area contributed by atoms with Gasteiger partial charge in [-0.05, 0) is 12.3 Å². The van der Waals surface area contributed by atoms with Gasteiger partial charge in [0, 0.05) is 0 Å². The van der Waals surface area contributed by atoms with Crippen LogP contribution < -0.4 is 5.73 Å². The summed E-state index contributed by atoms with van der Waals surface area (Å²) in [6.45, 7) is 4.39. The first-order valence-corrected chi connectivity index (χ1v) is 5.02. The molecule has 0 rings (SSSR count). The van der Waals surface area contributed by atoms with Crippen molar-refractivity contribution in [1.29, 1.82) is 0 Å². The van der Waals surface area contributed by atoms with Gasteiger partial charge in [-0.2, -0.15) is 0 Å². The Kier molecular flexibility index (Phi) is 6.59. The lowest BCUT2D eigenvalue weighted by Gasteiger charge is -2.06. The van der Waals surface area contributed by atoms with E-state index in [1.807, 2.05) is 0 Å². The normalized spacial score (nSPS) is 13.2. The van der Waals surface area contributed by atoms with Crippen LogP contribution in [-0.2, 0) is 4.79 Å². The van der Waals surface area contributed by atoms with E-state index in [2.05, 4.69) is 13.8 Å². The molecule has 0 aliphatic carbocycles. The number of hydrogen-bond donors (Lipinski definition) is 2. The molecule has 0 unspecified atom stereocenters. The van der Waals surface area contributed by atoms with Crippen molar-refractivity contribution in [3.8, 4) is 0 Å². The number of carboxylic acids is 1. The van der Waals surface area contributed by atoms with Crippen LogP contribution in [-0.4, -0.2) is 17.1 Å². The molecule has 0 saturated carbocycles. The molecule has 3 N–H and O–H groups in total. The highest BCUT2D eigenvalue weighted by molar-refractivity contribution is 5.72. The number of rotatable bonds is 7. The number of unbranched alkanes of at least 4 members (excludes halogenated alkanes) is 2. The minimum Gasteiger partial charge on any atom is -0.480 e. The number of hydrogen-bond acceptors (Lipinski definition) is 2. The van der Waals surface area contributed by atoms with Crippen LogP contribution in [0.3, 0.4) is 0 Å². The van der Waals surface area contributed by atoms with Crippen LogP contribution in [0.5, 0.6) is 0 Å². The summed E-state index contributed by atoms with van der Waals surface area (Å²) in [6.07, 6.45) is 5.04. The molecular weight excluding hydrogens is 166 g/mol. The minimum atomic E-state index is -0.885. The van der Waals surface area contributed by atoms with Gasteiger partial charge in [-0.25, -0.2) is 0 Å². The molecule has 0 bridgehead atoms. The second-order valence-electron chi connectivity index (χ2n) is 3.98. The van der Waals surface area contributed by atoms with Gasteiger partial charge in [0.05, 0.1) is 0 Å². The third-order valence-corrected chi connectivity index (χ3v) is 2.11. The van der Waals surface area contributed by atoms with E-state index in [1.165, 1.54) is 12.8 Å². The van der Waals surface area contributed by atoms with Crippen LogP contribution in [0.2, 0.25) is 0 Å². The van der Waals surface area contributed by atoms with Crippen LogP contribution in [0, 0.1) is 5.92 Å². The Morgan fingerprint density at radius 2 is 1.77 bits per heavy atom. The Morgan fingerprint density at radius 3 is 2.23 bits per heavy atom. The van der Waals surface area contributed by atoms with Crippen molar-refractivity contribution in [3.63, 3.8) is 0 Å². The van der Waals surface area contributed by atoms with Crippen LogP contribution in [0.4, 0.5) is 0 Å². The van der Waals surface area contributed by atoms with E-state index < -0.39 is 12.0 Å². The van der Waals surface area contributed by atoms with Crippen molar-refractivity contribution in [2.75, 3.05) is 0 Å². The van der Waals surface area contributed by atoms with Crippen molar-refractivity contribution in [2.24, 2.45) is 11.7 Å². The van der Waals surface area contributed by atoms with Gasteiger partial charge < -0.3 is 10.8 Å². The van der Waals surface area contributed by atoms with Crippen LogP contribution in [0.15, 0.2) is 0 Å². The highest BCUT2D eigenvalue weighted by Crippen LogP contribution is 2.10. The van der Waals surface area contributed by atoms with Gasteiger partial charge in [0.2, 0.25) is 0 Å². The van der Waals surface area contributed by atoms with Gasteiger partial charge in [-0.15, -0.1) is 0 Å². The molecule has 13 heavy (non-hydrogen) atoms. The Balaban J connectivity index is 3.21. The summed E-state index contributed by atoms with van der Waals surface area (Å²) in [6, 6.07) is -0.668. The fraction of sp³-hybridized carbons (Fsp3) is 0.900. The highest BCUT2D eigenvalue weighted by Gasteiger charge is 2.09. The molecule has 0 saturated heterocycles. The molecule has 78 valence electrons. The van der Waals surface area contributed by atoms with Gasteiger partial charge in [0.15, 0.2) is 0 Å². The molecule has 0 aliphatic heterocycles. The Hall–Kier alpha value is -0.570. The zero-order valence-corrected chi connectivity index (χ0v) is 8.62. The average molecular weight is 187 g/mol. The molecule has 0 fully saturated rings. The largest absolute Gasteiger partial charge is 0.480 e. The lowest BCUT2D eigenvalue weighted by molar-refractivity contribution is -0.138. The summed E-state index contributed by atoms with van der Waals surface area (Å²) in [5.74, 6) is -0.142.